The van der Waals surface area contributed by atoms with Gasteiger partial charge in [0, 0.05) is 18.6 Å². The summed E-state index contributed by atoms with van der Waals surface area (Å²) in [6, 6.07) is 4.05. The number of nitrogens with zero attached hydrogens (tertiary/aromatic N) is 1. The van der Waals surface area contributed by atoms with Crippen molar-refractivity contribution in [3.05, 3.63) is 34.6 Å². The molecule has 0 aliphatic carbocycles. The van der Waals surface area contributed by atoms with E-state index < -0.39 is 5.82 Å². The van der Waals surface area contributed by atoms with E-state index in [0.717, 1.165) is 25.9 Å². The van der Waals surface area contributed by atoms with Crippen LogP contribution in [0.2, 0.25) is 5.02 Å². The van der Waals surface area contributed by atoms with Crippen molar-refractivity contribution in [3.8, 4) is 0 Å². The number of halogens is 2. The molecule has 1 saturated heterocycles. The molecule has 1 aliphatic rings. The highest BCUT2D eigenvalue weighted by Gasteiger charge is 2.19. The van der Waals surface area contributed by atoms with Crippen molar-refractivity contribution in [2.45, 2.75) is 12.8 Å². The maximum atomic E-state index is 13.6. The van der Waals surface area contributed by atoms with Crippen LogP contribution in [0.15, 0.2) is 18.2 Å². The minimum absolute atomic E-state index is 0.0412. The summed E-state index contributed by atoms with van der Waals surface area (Å²) in [5.74, 6) is -0.228. The SMILES string of the molecule is CN(CCC1CCNC1)C(=O)c1cc(Cl)ccc1F. The average Bonchev–Trinajstić information content (AvgIpc) is 2.91. The molecule has 1 N–H and O–H groups in total. The first-order chi connectivity index (χ1) is 9.08. The van der Waals surface area contributed by atoms with E-state index in [9.17, 15) is 9.18 Å². The van der Waals surface area contributed by atoms with Crippen LogP contribution in [-0.4, -0.2) is 37.5 Å². The van der Waals surface area contributed by atoms with E-state index in [4.69, 9.17) is 11.6 Å². The Morgan fingerprint density at radius 1 is 1.58 bits per heavy atom. The van der Waals surface area contributed by atoms with Gasteiger partial charge in [-0.05, 0) is 50.0 Å². The van der Waals surface area contributed by atoms with Crippen LogP contribution < -0.4 is 5.32 Å². The quantitative estimate of drug-likeness (QED) is 0.922. The highest BCUT2D eigenvalue weighted by molar-refractivity contribution is 6.30. The van der Waals surface area contributed by atoms with Gasteiger partial charge in [0.2, 0.25) is 0 Å². The molecule has 3 nitrogen and oxygen atoms in total. The van der Waals surface area contributed by atoms with E-state index in [1.807, 2.05) is 0 Å². The van der Waals surface area contributed by atoms with E-state index >= 15 is 0 Å². The molecule has 1 aromatic carbocycles. The van der Waals surface area contributed by atoms with Gasteiger partial charge in [0.1, 0.15) is 5.82 Å². The molecule has 0 spiro atoms. The molecule has 1 atom stereocenters. The van der Waals surface area contributed by atoms with Gasteiger partial charge in [-0.15, -0.1) is 0 Å². The normalized spacial score (nSPS) is 18.6. The third-order valence-electron chi connectivity index (χ3n) is 3.54. The minimum atomic E-state index is -0.524. The van der Waals surface area contributed by atoms with E-state index in [-0.39, 0.29) is 11.5 Å². The molecule has 0 radical (unpaired) electrons. The summed E-state index contributed by atoms with van der Waals surface area (Å²) in [5.41, 5.74) is 0.0412. The second kappa shape index (κ2) is 6.35. The van der Waals surface area contributed by atoms with Gasteiger partial charge in [-0.1, -0.05) is 11.6 Å². The Hall–Kier alpha value is -1.13. The predicted molar refractivity (Wildman–Crippen MR) is 74.0 cm³/mol. The second-order valence-corrected chi connectivity index (χ2v) is 5.43. The Morgan fingerprint density at radius 3 is 3.05 bits per heavy atom. The standard InChI is InChI=1S/C14H18ClFN2O/c1-18(7-5-10-4-6-17-9-10)14(19)12-8-11(15)2-3-13(12)16/h2-3,8,10,17H,4-7,9H2,1H3. The Kier molecular flexibility index (Phi) is 4.77. The van der Waals surface area contributed by atoms with E-state index in [1.165, 1.54) is 18.2 Å². The molecule has 0 saturated carbocycles. The molecule has 1 fully saturated rings. The summed E-state index contributed by atoms with van der Waals surface area (Å²) >= 11 is 5.80. The molecule has 1 unspecified atom stereocenters. The summed E-state index contributed by atoms with van der Waals surface area (Å²) in [5, 5.41) is 3.67. The van der Waals surface area contributed by atoms with Crippen molar-refractivity contribution in [2.24, 2.45) is 5.92 Å². The summed E-state index contributed by atoms with van der Waals surface area (Å²) in [6.45, 7) is 2.69. The van der Waals surface area contributed by atoms with Crippen LogP contribution in [0.5, 0.6) is 0 Å². The summed E-state index contributed by atoms with van der Waals surface area (Å²) in [7, 11) is 1.70. The highest BCUT2D eigenvalue weighted by Crippen LogP contribution is 2.18. The van der Waals surface area contributed by atoms with Crippen LogP contribution in [0.25, 0.3) is 0 Å². The van der Waals surface area contributed by atoms with Crippen LogP contribution in [0.4, 0.5) is 4.39 Å². The van der Waals surface area contributed by atoms with E-state index in [1.54, 1.807) is 11.9 Å². The molecular weight excluding hydrogens is 267 g/mol. The van der Waals surface area contributed by atoms with Crippen molar-refractivity contribution in [1.82, 2.24) is 10.2 Å². The Balaban J connectivity index is 1.95. The zero-order valence-electron chi connectivity index (χ0n) is 11.0. The summed E-state index contributed by atoms with van der Waals surface area (Å²) in [6.07, 6.45) is 2.09. The van der Waals surface area contributed by atoms with Gasteiger partial charge in [-0.25, -0.2) is 4.39 Å². The average molecular weight is 285 g/mol. The topological polar surface area (TPSA) is 32.3 Å². The fraction of sp³-hybridized carbons (Fsp3) is 0.500. The van der Waals surface area contributed by atoms with Crippen LogP contribution >= 0.6 is 11.6 Å². The molecule has 1 amide bonds. The largest absolute Gasteiger partial charge is 0.342 e. The number of rotatable bonds is 4. The van der Waals surface area contributed by atoms with Gasteiger partial charge in [-0.2, -0.15) is 0 Å². The van der Waals surface area contributed by atoms with Gasteiger partial charge < -0.3 is 10.2 Å². The Morgan fingerprint density at radius 2 is 2.37 bits per heavy atom. The van der Waals surface area contributed by atoms with Crippen LogP contribution in [0, 0.1) is 11.7 Å². The van der Waals surface area contributed by atoms with E-state index in [2.05, 4.69) is 5.32 Å². The third kappa shape index (κ3) is 3.67. The molecule has 1 aliphatic heterocycles. The van der Waals surface area contributed by atoms with Crippen LogP contribution in [0.1, 0.15) is 23.2 Å². The Bertz CT molecular complexity index is 461. The first-order valence-electron chi connectivity index (χ1n) is 6.49. The lowest BCUT2D eigenvalue weighted by Crippen LogP contribution is -2.30. The predicted octanol–water partition coefficient (Wildman–Crippen LogP) is 2.55. The molecule has 104 valence electrons. The van der Waals surface area contributed by atoms with Crippen LogP contribution in [0.3, 0.4) is 0 Å². The van der Waals surface area contributed by atoms with Gasteiger partial charge in [0.15, 0.2) is 0 Å². The van der Waals surface area contributed by atoms with Gasteiger partial charge >= 0.3 is 0 Å². The first-order valence-corrected chi connectivity index (χ1v) is 6.87. The Labute approximate surface area is 117 Å². The molecule has 5 heteroatoms. The van der Waals surface area contributed by atoms with Gasteiger partial charge in [0.25, 0.3) is 5.91 Å². The second-order valence-electron chi connectivity index (χ2n) is 5.00. The fourth-order valence-electron chi connectivity index (χ4n) is 2.31. The monoisotopic (exact) mass is 284 g/mol. The third-order valence-corrected chi connectivity index (χ3v) is 3.78. The summed E-state index contributed by atoms with van der Waals surface area (Å²) < 4.78 is 13.6. The van der Waals surface area contributed by atoms with Crippen molar-refractivity contribution in [1.29, 1.82) is 0 Å². The van der Waals surface area contributed by atoms with Crippen LogP contribution in [-0.2, 0) is 0 Å². The lowest BCUT2D eigenvalue weighted by molar-refractivity contribution is 0.0783. The smallest absolute Gasteiger partial charge is 0.256 e. The number of nitrogens with one attached hydrogen (secondary N) is 1. The van der Waals surface area contributed by atoms with Crippen molar-refractivity contribution < 1.29 is 9.18 Å². The zero-order chi connectivity index (χ0) is 13.8. The minimum Gasteiger partial charge on any atom is -0.342 e. The molecular formula is C14H18ClFN2O. The number of hydrogen-bond acceptors (Lipinski definition) is 2. The molecule has 1 heterocycles. The summed E-state index contributed by atoms with van der Waals surface area (Å²) in [4.78, 5) is 13.7. The van der Waals surface area contributed by atoms with Gasteiger partial charge in [0.05, 0.1) is 5.56 Å². The molecule has 0 aromatic heterocycles. The molecule has 19 heavy (non-hydrogen) atoms. The number of carbonyl (C=O) groups excluding carboxylic acids is 1. The number of carbonyl (C=O) groups is 1. The molecule has 1 aromatic rings. The van der Waals surface area contributed by atoms with Gasteiger partial charge in [-0.3, -0.25) is 4.79 Å². The number of benzene rings is 1. The van der Waals surface area contributed by atoms with Crippen molar-refractivity contribution in [3.63, 3.8) is 0 Å². The lowest BCUT2D eigenvalue weighted by Gasteiger charge is -2.19. The fourth-order valence-corrected chi connectivity index (χ4v) is 2.48. The number of hydrogen-bond donors (Lipinski definition) is 1. The maximum Gasteiger partial charge on any atom is 0.256 e. The highest BCUT2D eigenvalue weighted by atomic mass is 35.5. The maximum absolute atomic E-state index is 13.6. The molecule has 2 rings (SSSR count). The van der Waals surface area contributed by atoms with Crippen molar-refractivity contribution in [2.75, 3.05) is 26.7 Å². The molecule has 0 bridgehead atoms. The van der Waals surface area contributed by atoms with Crippen molar-refractivity contribution >= 4 is 17.5 Å². The lowest BCUT2D eigenvalue weighted by atomic mass is 10.0. The number of amides is 1. The zero-order valence-corrected chi connectivity index (χ0v) is 11.7. The first kappa shape index (κ1) is 14.3. The van der Waals surface area contributed by atoms with E-state index in [0.29, 0.717) is 17.5 Å².